The third kappa shape index (κ3) is 3.63. The van der Waals surface area contributed by atoms with Crippen LogP contribution in [0.2, 0.25) is 0 Å². The van der Waals surface area contributed by atoms with Crippen molar-refractivity contribution in [1.82, 2.24) is 14.9 Å². The Balaban J connectivity index is 1.56. The van der Waals surface area contributed by atoms with Gasteiger partial charge in [0.15, 0.2) is 0 Å². The number of ether oxygens (including phenoxy) is 1. The SMILES string of the molecule is COC(=O)[C@H](Cc1ccccc1)N1C(=O)C(c2c[nH]c3ccccc23)=C(c2c[nH]c3ccccc23)C1=O. The molecule has 6 rings (SSSR count). The van der Waals surface area contributed by atoms with E-state index in [0.717, 1.165) is 32.3 Å². The molecule has 0 aliphatic carbocycles. The molecule has 1 aliphatic rings. The fourth-order valence-electron chi connectivity index (χ4n) is 5.14. The summed E-state index contributed by atoms with van der Waals surface area (Å²) in [5, 5.41) is 1.63. The summed E-state index contributed by atoms with van der Waals surface area (Å²) in [6.07, 6.45) is 3.63. The second kappa shape index (κ2) is 8.95. The molecule has 0 unspecified atom stereocenters. The molecule has 3 aromatic carbocycles. The lowest BCUT2D eigenvalue weighted by molar-refractivity contribution is -0.155. The third-order valence-electron chi connectivity index (χ3n) is 6.89. The van der Waals surface area contributed by atoms with E-state index in [-0.39, 0.29) is 17.6 Å². The molecule has 2 aromatic heterocycles. The number of methoxy groups -OCH3 is 1. The van der Waals surface area contributed by atoms with E-state index in [2.05, 4.69) is 9.97 Å². The summed E-state index contributed by atoms with van der Waals surface area (Å²) >= 11 is 0. The van der Waals surface area contributed by atoms with E-state index in [1.165, 1.54) is 7.11 Å². The van der Waals surface area contributed by atoms with Crippen molar-refractivity contribution in [1.29, 1.82) is 0 Å². The highest BCUT2D eigenvalue weighted by molar-refractivity contribution is 6.51. The lowest BCUT2D eigenvalue weighted by Crippen LogP contribution is -2.47. The van der Waals surface area contributed by atoms with Gasteiger partial charge in [-0.1, -0.05) is 66.7 Å². The van der Waals surface area contributed by atoms with Crippen LogP contribution >= 0.6 is 0 Å². The summed E-state index contributed by atoms with van der Waals surface area (Å²) in [7, 11) is 1.26. The molecule has 0 saturated carbocycles. The maximum absolute atomic E-state index is 14.2. The molecule has 1 aliphatic heterocycles. The molecule has 0 saturated heterocycles. The zero-order valence-corrected chi connectivity index (χ0v) is 20.0. The van der Waals surface area contributed by atoms with Crippen LogP contribution in [0.4, 0.5) is 0 Å². The summed E-state index contributed by atoms with van der Waals surface area (Å²) < 4.78 is 5.07. The predicted molar refractivity (Wildman–Crippen MR) is 141 cm³/mol. The highest BCUT2D eigenvalue weighted by Gasteiger charge is 2.47. The van der Waals surface area contributed by atoms with Crippen LogP contribution in [-0.2, 0) is 25.5 Å². The Labute approximate surface area is 212 Å². The molecule has 2 N–H and O–H groups in total. The van der Waals surface area contributed by atoms with Gasteiger partial charge in [-0.25, -0.2) is 4.79 Å². The Hall–Kier alpha value is -4.91. The number of carbonyl (C=O) groups excluding carboxylic acids is 3. The van der Waals surface area contributed by atoms with Gasteiger partial charge in [-0.3, -0.25) is 14.5 Å². The number of nitrogens with zero attached hydrogens (tertiary/aromatic N) is 1. The van der Waals surface area contributed by atoms with Crippen LogP contribution in [-0.4, -0.2) is 45.8 Å². The number of rotatable bonds is 6. The van der Waals surface area contributed by atoms with E-state index < -0.39 is 23.8 Å². The lowest BCUT2D eigenvalue weighted by atomic mass is 9.95. The zero-order valence-electron chi connectivity index (χ0n) is 20.0. The molecule has 0 spiro atoms. The molecule has 182 valence electrons. The van der Waals surface area contributed by atoms with Crippen LogP contribution in [0.15, 0.2) is 91.3 Å². The highest BCUT2D eigenvalue weighted by Crippen LogP contribution is 2.41. The van der Waals surface area contributed by atoms with Crippen molar-refractivity contribution in [2.24, 2.45) is 0 Å². The number of H-pyrrole nitrogens is 2. The summed E-state index contributed by atoms with van der Waals surface area (Å²) in [6, 6.07) is 23.4. The van der Waals surface area contributed by atoms with Crippen molar-refractivity contribution < 1.29 is 19.1 Å². The number of aromatic amines is 2. The summed E-state index contributed by atoms with van der Waals surface area (Å²) in [6.45, 7) is 0. The van der Waals surface area contributed by atoms with Crippen molar-refractivity contribution >= 4 is 50.7 Å². The first kappa shape index (κ1) is 22.5. The number of imide groups is 1. The average molecular weight is 490 g/mol. The Morgan fingerprint density at radius 1 is 0.757 bits per heavy atom. The van der Waals surface area contributed by atoms with Crippen molar-refractivity contribution in [2.75, 3.05) is 7.11 Å². The van der Waals surface area contributed by atoms with Crippen LogP contribution in [0.1, 0.15) is 16.7 Å². The van der Waals surface area contributed by atoms with Gasteiger partial charge in [0, 0.05) is 51.7 Å². The maximum atomic E-state index is 14.2. The van der Waals surface area contributed by atoms with Crippen molar-refractivity contribution in [3.63, 3.8) is 0 Å². The standard InChI is InChI=1S/C30H23N3O4/c1-37-30(36)25(15-18-9-3-2-4-10-18)33-28(34)26(21-16-31-23-13-7-5-11-19(21)23)27(29(33)35)22-17-32-24-14-8-6-12-20(22)24/h2-14,16-17,25,31-32H,15H2,1H3/t25-/m0/s1. The minimum Gasteiger partial charge on any atom is -0.467 e. The molecule has 0 fully saturated rings. The van der Waals surface area contributed by atoms with E-state index in [0.29, 0.717) is 11.1 Å². The number of fused-ring (bicyclic) bond motifs is 2. The highest BCUT2D eigenvalue weighted by atomic mass is 16.5. The second-order valence-electron chi connectivity index (χ2n) is 8.95. The molecule has 7 heteroatoms. The second-order valence-corrected chi connectivity index (χ2v) is 8.95. The van der Waals surface area contributed by atoms with Gasteiger partial charge in [-0.2, -0.15) is 0 Å². The molecule has 1 atom stereocenters. The van der Waals surface area contributed by atoms with Gasteiger partial charge in [0.25, 0.3) is 11.8 Å². The van der Waals surface area contributed by atoms with Gasteiger partial charge in [0.2, 0.25) is 0 Å². The normalized spacial score (nSPS) is 14.7. The Kier molecular flexibility index (Phi) is 5.45. The van der Waals surface area contributed by atoms with Crippen molar-refractivity contribution in [3.05, 3.63) is 108 Å². The van der Waals surface area contributed by atoms with Crippen LogP contribution in [0.3, 0.4) is 0 Å². The number of hydrogen-bond donors (Lipinski definition) is 2. The number of hydrogen-bond acceptors (Lipinski definition) is 4. The molecule has 3 heterocycles. The molecule has 2 amide bonds. The summed E-state index contributed by atoms with van der Waals surface area (Å²) in [4.78, 5) is 48.8. The molecule has 7 nitrogen and oxygen atoms in total. The van der Waals surface area contributed by atoms with E-state index >= 15 is 0 Å². The molecule has 37 heavy (non-hydrogen) atoms. The van der Waals surface area contributed by atoms with Crippen molar-refractivity contribution in [3.8, 4) is 0 Å². The number of nitrogens with one attached hydrogen (secondary N) is 2. The minimum absolute atomic E-state index is 0.146. The van der Waals surface area contributed by atoms with Crippen molar-refractivity contribution in [2.45, 2.75) is 12.5 Å². The molecular formula is C30H23N3O4. The fraction of sp³-hybridized carbons (Fsp3) is 0.100. The number of benzene rings is 3. The van der Waals surface area contributed by atoms with Gasteiger partial charge in [-0.15, -0.1) is 0 Å². The Morgan fingerprint density at radius 2 is 1.24 bits per heavy atom. The largest absolute Gasteiger partial charge is 0.467 e. The van der Waals surface area contributed by atoms with Crippen LogP contribution < -0.4 is 0 Å². The smallest absolute Gasteiger partial charge is 0.329 e. The van der Waals surface area contributed by atoms with Gasteiger partial charge in [0.05, 0.1) is 18.3 Å². The predicted octanol–water partition coefficient (Wildman–Crippen LogP) is 4.71. The number of amides is 2. The van der Waals surface area contributed by atoms with E-state index in [1.54, 1.807) is 12.4 Å². The first-order valence-corrected chi connectivity index (χ1v) is 12.0. The first-order valence-electron chi connectivity index (χ1n) is 12.0. The van der Waals surface area contributed by atoms with Gasteiger partial charge in [0.1, 0.15) is 6.04 Å². The van der Waals surface area contributed by atoms with Gasteiger partial charge in [-0.05, 0) is 17.7 Å². The Bertz CT molecular complexity index is 1610. The van der Waals surface area contributed by atoms with E-state index in [1.807, 2.05) is 78.9 Å². The molecule has 0 bridgehead atoms. The van der Waals surface area contributed by atoms with Crippen LogP contribution in [0.25, 0.3) is 33.0 Å². The third-order valence-corrected chi connectivity index (χ3v) is 6.89. The van der Waals surface area contributed by atoms with Gasteiger partial charge < -0.3 is 14.7 Å². The van der Waals surface area contributed by atoms with Gasteiger partial charge >= 0.3 is 5.97 Å². The van der Waals surface area contributed by atoms with Crippen LogP contribution in [0, 0.1) is 0 Å². The topological polar surface area (TPSA) is 95.3 Å². The maximum Gasteiger partial charge on any atom is 0.329 e. The van der Waals surface area contributed by atoms with Crippen LogP contribution in [0.5, 0.6) is 0 Å². The zero-order chi connectivity index (χ0) is 25.5. The molecule has 0 radical (unpaired) electrons. The number of esters is 1. The fourth-order valence-corrected chi connectivity index (χ4v) is 5.14. The Morgan fingerprint density at radius 3 is 1.76 bits per heavy atom. The minimum atomic E-state index is -1.12. The number of carbonyl (C=O) groups is 3. The summed E-state index contributed by atoms with van der Waals surface area (Å²) in [5.41, 5.74) is 4.24. The van der Waals surface area contributed by atoms with E-state index in [9.17, 15) is 14.4 Å². The monoisotopic (exact) mass is 489 g/mol. The quantitative estimate of drug-likeness (QED) is 0.267. The summed E-state index contributed by atoms with van der Waals surface area (Å²) in [5.74, 6) is -1.70. The lowest BCUT2D eigenvalue weighted by Gasteiger charge is -2.25. The molecular weight excluding hydrogens is 466 g/mol. The number of aromatic nitrogens is 2. The first-order chi connectivity index (χ1) is 18.1. The number of para-hydroxylation sites is 2. The average Bonchev–Trinajstić information content (AvgIpc) is 3.61. The van der Waals surface area contributed by atoms with E-state index in [4.69, 9.17) is 4.74 Å². The molecule has 5 aromatic rings.